The van der Waals surface area contributed by atoms with Crippen LogP contribution in [0, 0.1) is 0 Å². The fourth-order valence-electron chi connectivity index (χ4n) is 3.09. The summed E-state index contributed by atoms with van der Waals surface area (Å²) in [5.74, 6) is 1.03. The van der Waals surface area contributed by atoms with Crippen molar-refractivity contribution in [2.45, 2.75) is 25.9 Å². The van der Waals surface area contributed by atoms with Gasteiger partial charge in [0.2, 0.25) is 0 Å². The van der Waals surface area contributed by atoms with Crippen LogP contribution in [0.2, 0.25) is 0 Å². The van der Waals surface area contributed by atoms with Gasteiger partial charge in [0.1, 0.15) is 11.5 Å². The van der Waals surface area contributed by atoms with Gasteiger partial charge in [-0.05, 0) is 27.0 Å². The summed E-state index contributed by atoms with van der Waals surface area (Å²) in [6, 6.07) is 2.08. The summed E-state index contributed by atoms with van der Waals surface area (Å²) in [5.41, 5.74) is 0.656. The molecule has 1 aliphatic heterocycles. The molecule has 0 aromatic carbocycles. The van der Waals surface area contributed by atoms with E-state index in [0.717, 1.165) is 18.9 Å². The van der Waals surface area contributed by atoms with Crippen molar-refractivity contribution in [3.8, 4) is 0 Å². The number of rotatable bonds is 3. The third kappa shape index (κ3) is 2.88. The van der Waals surface area contributed by atoms with E-state index in [-0.39, 0.29) is 18.0 Å². The van der Waals surface area contributed by atoms with Gasteiger partial charge >= 0.3 is 0 Å². The maximum atomic E-state index is 12.9. The highest BCUT2D eigenvalue weighted by Gasteiger charge is 2.32. The Labute approximate surface area is 136 Å². The molecule has 0 spiro atoms. The third-order valence-corrected chi connectivity index (χ3v) is 4.47. The van der Waals surface area contributed by atoms with Crippen LogP contribution in [0.5, 0.6) is 0 Å². The van der Waals surface area contributed by atoms with Crippen LogP contribution in [0.4, 0.5) is 0 Å². The number of imidazole rings is 1. The average molecular weight is 316 g/mol. The summed E-state index contributed by atoms with van der Waals surface area (Å²) in [6.45, 7) is 6.26. The lowest BCUT2D eigenvalue weighted by molar-refractivity contribution is 0.0515. The number of likely N-dealkylation sites (N-methyl/N-ethyl adjacent to an activating group) is 1. The fraction of sp³-hybridized carbons (Fsp3) is 0.562. The number of amides is 1. The molecule has 2 aromatic rings. The Morgan fingerprint density at radius 1 is 1.26 bits per heavy atom. The number of aromatic nitrogens is 4. The Kier molecular flexibility index (Phi) is 4.21. The highest BCUT2D eigenvalue weighted by atomic mass is 16.2. The van der Waals surface area contributed by atoms with Gasteiger partial charge in [0.05, 0.1) is 6.04 Å². The first kappa shape index (κ1) is 15.7. The van der Waals surface area contributed by atoms with Crippen molar-refractivity contribution in [3.63, 3.8) is 0 Å². The number of hydrogen-bond donors (Lipinski definition) is 0. The van der Waals surface area contributed by atoms with Crippen LogP contribution in [-0.4, -0.2) is 61.7 Å². The summed E-state index contributed by atoms with van der Waals surface area (Å²) < 4.78 is 3.81. The molecule has 1 unspecified atom stereocenters. The summed E-state index contributed by atoms with van der Waals surface area (Å²) in [5, 5.41) is 4.27. The summed E-state index contributed by atoms with van der Waals surface area (Å²) in [6.07, 6.45) is 5.44. The van der Waals surface area contributed by atoms with Gasteiger partial charge in [0.15, 0.2) is 0 Å². The van der Waals surface area contributed by atoms with Gasteiger partial charge in [0.25, 0.3) is 5.91 Å². The zero-order chi connectivity index (χ0) is 16.6. The van der Waals surface area contributed by atoms with E-state index in [0.29, 0.717) is 12.2 Å². The van der Waals surface area contributed by atoms with Crippen LogP contribution in [0.25, 0.3) is 0 Å². The van der Waals surface area contributed by atoms with Crippen molar-refractivity contribution in [1.29, 1.82) is 0 Å². The predicted molar refractivity (Wildman–Crippen MR) is 87.1 cm³/mol. The lowest BCUT2D eigenvalue weighted by Crippen LogP contribution is -2.50. The van der Waals surface area contributed by atoms with Gasteiger partial charge in [-0.3, -0.25) is 14.4 Å². The van der Waals surface area contributed by atoms with Gasteiger partial charge in [-0.1, -0.05) is 0 Å². The first-order valence-corrected chi connectivity index (χ1v) is 7.99. The van der Waals surface area contributed by atoms with E-state index in [9.17, 15) is 4.79 Å². The number of carbonyl (C=O) groups is 1. The molecule has 1 aliphatic rings. The highest BCUT2D eigenvalue weighted by Crippen LogP contribution is 2.23. The molecular formula is C16H24N6O. The first-order chi connectivity index (χ1) is 11.0. The minimum atomic E-state index is 0.0449. The second-order valence-corrected chi connectivity index (χ2v) is 6.40. The molecule has 0 radical (unpaired) electrons. The molecule has 124 valence electrons. The van der Waals surface area contributed by atoms with Gasteiger partial charge in [-0.25, -0.2) is 4.98 Å². The molecule has 7 nitrogen and oxygen atoms in total. The zero-order valence-electron chi connectivity index (χ0n) is 14.2. The minimum Gasteiger partial charge on any atom is -0.337 e. The average Bonchev–Trinajstić information content (AvgIpc) is 3.16. The van der Waals surface area contributed by atoms with Gasteiger partial charge in [-0.2, -0.15) is 5.10 Å². The largest absolute Gasteiger partial charge is 0.337 e. The number of nitrogens with zero attached hydrogens (tertiary/aromatic N) is 6. The van der Waals surface area contributed by atoms with E-state index in [1.165, 1.54) is 0 Å². The summed E-state index contributed by atoms with van der Waals surface area (Å²) in [7, 11) is 4.07. The van der Waals surface area contributed by atoms with E-state index in [4.69, 9.17) is 0 Å². The topological polar surface area (TPSA) is 59.2 Å². The van der Waals surface area contributed by atoms with E-state index >= 15 is 0 Å². The van der Waals surface area contributed by atoms with Crippen LogP contribution < -0.4 is 0 Å². The lowest BCUT2D eigenvalue weighted by Gasteiger charge is -2.39. The standard InChI is InChI=1S/C16H24N6O/c1-12(2)22-13(5-6-18-22)16(23)21-10-9-19(3)14(11-21)15-17-7-8-20(15)4/h5-8,12,14H,9-11H2,1-4H3. The van der Waals surface area contributed by atoms with E-state index in [1.54, 1.807) is 23.1 Å². The monoisotopic (exact) mass is 316 g/mol. The van der Waals surface area contributed by atoms with Crippen LogP contribution in [0.15, 0.2) is 24.7 Å². The Morgan fingerprint density at radius 3 is 2.70 bits per heavy atom. The Balaban J connectivity index is 1.82. The quantitative estimate of drug-likeness (QED) is 0.857. The van der Waals surface area contributed by atoms with Crippen molar-refractivity contribution < 1.29 is 4.79 Å². The Hall–Kier alpha value is -2.15. The second kappa shape index (κ2) is 6.16. The molecule has 1 amide bonds. The van der Waals surface area contributed by atoms with Crippen LogP contribution in [0.1, 0.15) is 42.2 Å². The molecule has 1 atom stereocenters. The van der Waals surface area contributed by atoms with Crippen molar-refractivity contribution in [3.05, 3.63) is 36.2 Å². The molecule has 2 aromatic heterocycles. The van der Waals surface area contributed by atoms with Gasteiger partial charge in [-0.15, -0.1) is 0 Å². The molecule has 23 heavy (non-hydrogen) atoms. The van der Waals surface area contributed by atoms with E-state index in [2.05, 4.69) is 22.0 Å². The maximum absolute atomic E-state index is 12.9. The van der Waals surface area contributed by atoms with Crippen LogP contribution >= 0.6 is 0 Å². The smallest absolute Gasteiger partial charge is 0.272 e. The highest BCUT2D eigenvalue weighted by molar-refractivity contribution is 5.92. The van der Waals surface area contributed by atoms with Crippen molar-refractivity contribution in [1.82, 2.24) is 29.1 Å². The summed E-state index contributed by atoms with van der Waals surface area (Å²) >= 11 is 0. The molecule has 1 fully saturated rings. The second-order valence-electron chi connectivity index (χ2n) is 6.40. The molecule has 0 N–H and O–H groups in total. The van der Waals surface area contributed by atoms with Crippen LogP contribution in [-0.2, 0) is 7.05 Å². The fourth-order valence-corrected chi connectivity index (χ4v) is 3.09. The van der Waals surface area contributed by atoms with Gasteiger partial charge < -0.3 is 9.47 Å². The molecule has 3 heterocycles. The van der Waals surface area contributed by atoms with E-state index in [1.807, 2.05) is 36.6 Å². The number of carbonyl (C=O) groups excluding carboxylic acids is 1. The molecule has 0 bridgehead atoms. The van der Waals surface area contributed by atoms with Crippen molar-refractivity contribution in [2.75, 3.05) is 26.7 Å². The van der Waals surface area contributed by atoms with Crippen molar-refractivity contribution >= 4 is 5.91 Å². The van der Waals surface area contributed by atoms with Crippen molar-refractivity contribution in [2.24, 2.45) is 7.05 Å². The van der Waals surface area contributed by atoms with E-state index < -0.39 is 0 Å². The maximum Gasteiger partial charge on any atom is 0.272 e. The summed E-state index contributed by atoms with van der Waals surface area (Å²) in [4.78, 5) is 21.5. The lowest BCUT2D eigenvalue weighted by atomic mass is 10.1. The normalized spacial score (nSPS) is 19.5. The predicted octanol–water partition coefficient (Wildman–Crippen LogP) is 1.33. The van der Waals surface area contributed by atoms with Gasteiger partial charge in [0, 0.05) is 51.3 Å². The molecule has 1 saturated heterocycles. The number of aryl methyl sites for hydroxylation is 1. The molecule has 0 aliphatic carbocycles. The first-order valence-electron chi connectivity index (χ1n) is 7.99. The molecule has 7 heteroatoms. The third-order valence-electron chi connectivity index (χ3n) is 4.47. The zero-order valence-corrected chi connectivity index (χ0v) is 14.2. The number of piperazine rings is 1. The molecular weight excluding hydrogens is 292 g/mol. The van der Waals surface area contributed by atoms with Crippen LogP contribution in [0.3, 0.4) is 0 Å². The molecule has 0 saturated carbocycles. The molecule has 3 rings (SSSR count). The SMILES string of the molecule is CC(C)n1nccc1C(=O)N1CCN(C)C(c2nccn2C)C1. The Morgan fingerprint density at radius 2 is 2.04 bits per heavy atom. The minimum absolute atomic E-state index is 0.0449. The Bertz CT molecular complexity index is 688. The number of hydrogen-bond acceptors (Lipinski definition) is 4.